The van der Waals surface area contributed by atoms with Crippen molar-refractivity contribution in [1.29, 1.82) is 0 Å². The summed E-state index contributed by atoms with van der Waals surface area (Å²) in [6.07, 6.45) is 1.87. The highest BCUT2D eigenvalue weighted by molar-refractivity contribution is 7.13. The molecule has 0 unspecified atom stereocenters. The minimum absolute atomic E-state index is 0.204. The maximum absolute atomic E-state index is 13.7. The van der Waals surface area contributed by atoms with Crippen LogP contribution in [0.15, 0.2) is 76.4 Å². The third-order valence-corrected chi connectivity index (χ3v) is 4.24. The maximum atomic E-state index is 13.7. The van der Waals surface area contributed by atoms with E-state index in [1.165, 1.54) is 6.07 Å². The van der Waals surface area contributed by atoms with Gasteiger partial charge in [-0.2, -0.15) is 0 Å². The molecule has 0 bridgehead atoms. The lowest BCUT2D eigenvalue weighted by atomic mass is 10.3. The normalized spacial score (nSPS) is 11.5. The van der Waals surface area contributed by atoms with Gasteiger partial charge in [-0.05, 0) is 35.7 Å². The summed E-state index contributed by atoms with van der Waals surface area (Å²) >= 11 is 1.58. The van der Waals surface area contributed by atoms with Crippen molar-refractivity contribution in [2.24, 2.45) is 10.2 Å². The lowest BCUT2D eigenvalue weighted by Crippen LogP contribution is -1.81. The summed E-state index contributed by atoms with van der Waals surface area (Å²) < 4.78 is 15.6. The van der Waals surface area contributed by atoms with E-state index in [0.717, 1.165) is 16.2 Å². The molecule has 4 rings (SSSR count). The molecule has 23 heavy (non-hydrogen) atoms. The summed E-state index contributed by atoms with van der Waals surface area (Å²) in [6, 6.07) is 16.0. The lowest BCUT2D eigenvalue weighted by molar-refractivity contribution is 0.628. The van der Waals surface area contributed by atoms with Crippen LogP contribution >= 0.6 is 11.3 Å². The van der Waals surface area contributed by atoms with Crippen LogP contribution in [0.25, 0.3) is 16.2 Å². The highest BCUT2D eigenvalue weighted by atomic mass is 32.1. The topological polar surface area (TPSA) is 42.0 Å². The van der Waals surface area contributed by atoms with Gasteiger partial charge in [-0.25, -0.2) is 9.37 Å². The van der Waals surface area contributed by atoms with Crippen molar-refractivity contribution in [2.45, 2.75) is 0 Å². The predicted octanol–water partition coefficient (Wildman–Crippen LogP) is 5.62. The third-order valence-electron chi connectivity index (χ3n) is 3.36. The smallest absolute Gasteiger partial charge is 0.188 e. The molecule has 1 aromatic carbocycles. The molecule has 6 heteroatoms. The average molecular weight is 322 g/mol. The highest BCUT2D eigenvalue weighted by Gasteiger charge is 2.14. The van der Waals surface area contributed by atoms with E-state index in [4.69, 9.17) is 0 Å². The Balaban J connectivity index is 1.88. The fraction of sp³-hybridized carbons (Fsp3) is 0. The van der Waals surface area contributed by atoms with Crippen LogP contribution in [0.5, 0.6) is 0 Å². The average Bonchev–Trinajstić information content (AvgIpc) is 3.21. The second-order valence-corrected chi connectivity index (χ2v) is 5.79. The minimum atomic E-state index is -0.400. The summed E-state index contributed by atoms with van der Waals surface area (Å²) in [7, 11) is 0. The van der Waals surface area contributed by atoms with E-state index < -0.39 is 5.82 Å². The van der Waals surface area contributed by atoms with Crippen molar-refractivity contribution in [2.75, 3.05) is 0 Å². The molecule has 0 fully saturated rings. The number of fused-ring (bicyclic) bond motifs is 1. The van der Waals surface area contributed by atoms with Crippen molar-refractivity contribution >= 4 is 28.5 Å². The van der Waals surface area contributed by atoms with Gasteiger partial charge in [0.1, 0.15) is 17.0 Å². The van der Waals surface area contributed by atoms with Crippen LogP contribution in [0, 0.1) is 5.82 Å². The Labute approximate surface area is 135 Å². The van der Waals surface area contributed by atoms with Crippen molar-refractivity contribution in [1.82, 2.24) is 9.38 Å². The van der Waals surface area contributed by atoms with E-state index in [1.54, 1.807) is 29.5 Å². The number of benzene rings is 1. The van der Waals surface area contributed by atoms with Crippen LogP contribution in [0.2, 0.25) is 0 Å². The molecule has 0 radical (unpaired) electrons. The van der Waals surface area contributed by atoms with Crippen LogP contribution in [0.1, 0.15) is 0 Å². The molecule has 0 saturated carbocycles. The van der Waals surface area contributed by atoms with Crippen LogP contribution < -0.4 is 0 Å². The fourth-order valence-electron chi connectivity index (χ4n) is 2.29. The van der Waals surface area contributed by atoms with Crippen molar-refractivity contribution in [3.05, 3.63) is 72.0 Å². The predicted molar refractivity (Wildman–Crippen MR) is 89.1 cm³/mol. The van der Waals surface area contributed by atoms with Crippen LogP contribution in [-0.4, -0.2) is 9.38 Å². The van der Waals surface area contributed by atoms with Gasteiger partial charge < -0.3 is 0 Å². The first kappa shape index (κ1) is 13.8. The molecule has 4 nitrogen and oxygen atoms in total. The van der Waals surface area contributed by atoms with E-state index in [-0.39, 0.29) is 5.69 Å². The van der Waals surface area contributed by atoms with Gasteiger partial charge >= 0.3 is 0 Å². The zero-order valence-corrected chi connectivity index (χ0v) is 12.7. The molecule has 0 amide bonds. The Morgan fingerprint density at radius 1 is 0.957 bits per heavy atom. The maximum Gasteiger partial charge on any atom is 0.188 e. The molecule has 0 spiro atoms. The van der Waals surface area contributed by atoms with Gasteiger partial charge in [0.2, 0.25) is 0 Å². The summed E-state index contributed by atoms with van der Waals surface area (Å²) in [5.74, 6) is 0.189. The number of pyridine rings is 1. The molecule has 0 aliphatic rings. The number of hydrogen-bond acceptors (Lipinski definition) is 4. The molecule has 0 atom stereocenters. The van der Waals surface area contributed by atoms with Gasteiger partial charge in [0.15, 0.2) is 11.6 Å². The molecular weight excluding hydrogens is 311 g/mol. The van der Waals surface area contributed by atoms with E-state index >= 15 is 0 Å². The van der Waals surface area contributed by atoms with E-state index in [2.05, 4.69) is 15.2 Å². The molecule has 112 valence electrons. The molecular formula is C17H11FN4S. The first-order chi connectivity index (χ1) is 11.3. The molecule has 3 aromatic heterocycles. The van der Waals surface area contributed by atoms with Crippen molar-refractivity contribution in [3.63, 3.8) is 0 Å². The molecule has 0 aliphatic heterocycles. The number of halogens is 1. The second-order valence-electron chi connectivity index (χ2n) is 4.84. The monoisotopic (exact) mass is 322 g/mol. The second kappa shape index (κ2) is 5.73. The van der Waals surface area contributed by atoms with Crippen LogP contribution in [0.3, 0.4) is 0 Å². The van der Waals surface area contributed by atoms with Crippen LogP contribution in [0.4, 0.5) is 15.9 Å². The quantitative estimate of drug-likeness (QED) is 0.451. The largest absolute Gasteiger partial charge is 0.283 e. The van der Waals surface area contributed by atoms with Gasteiger partial charge in [-0.15, -0.1) is 21.6 Å². The van der Waals surface area contributed by atoms with Gasteiger partial charge in [-0.3, -0.25) is 4.40 Å². The highest BCUT2D eigenvalue weighted by Crippen LogP contribution is 2.34. The molecule has 0 N–H and O–H groups in total. The van der Waals surface area contributed by atoms with E-state index in [0.29, 0.717) is 5.82 Å². The van der Waals surface area contributed by atoms with E-state index in [1.807, 2.05) is 46.3 Å². The summed E-state index contributed by atoms with van der Waals surface area (Å²) in [5.41, 5.74) is 1.72. The number of azo groups is 1. The number of nitrogens with zero attached hydrogens (tertiary/aromatic N) is 4. The SMILES string of the molecule is Fc1ccccc1N=Nc1c(-c2cccs2)nc2ccccn12. The van der Waals surface area contributed by atoms with Gasteiger partial charge in [-0.1, -0.05) is 24.3 Å². The Hall–Kier alpha value is -2.86. The minimum Gasteiger partial charge on any atom is -0.283 e. The summed E-state index contributed by atoms with van der Waals surface area (Å²) in [4.78, 5) is 5.61. The Kier molecular flexibility index (Phi) is 3.44. The van der Waals surface area contributed by atoms with Crippen molar-refractivity contribution < 1.29 is 4.39 Å². The number of hydrogen-bond donors (Lipinski definition) is 0. The lowest BCUT2D eigenvalue weighted by Gasteiger charge is -1.98. The van der Waals surface area contributed by atoms with Gasteiger partial charge in [0.25, 0.3) is 0 Å². The fourth-order valence-corrected chi connectivity index (χ4v) is 3.00. The first-order valence-corrected chi connectivity index (χ1v) is 7.88. The molecule has 4 aromatic rings. The number of thiophene rings is 1. The van der Waals surface area contributed by atoms with Crippen molar-refractivity contribution in [3.8, 4) is 10.6 Å². The molecule has 3 heterocycles. The van der Waals surface area contributed by atoms with Crippen LogP contribution in [-0.2, 0) is 0 Å². The Morgan fingerprint density at radius 2 is 1.83 bits per heavy atom. The Bertz CT molecular complexity index is 989. The Morgan fingerprint density at radius 3 is 2.65 bits per heavy atom. The number of rotatable bonds is 3. The van der Waals surface area contributed by atoms with Gasteiger partial charge in [0.05, 0.1) is 4.88 Å². The zero-order chi connectivity index (χ0) is 15.6. The standard InChI is InChI=1S/C17H11FN4S/c18-12-6-1-2-7-13(12)20-21-17-16(14-8-5-11-23-14)19-15-9-3-4-10-22(15)17/h1-11H. The number of aromatic nitrogens is 2. The number of imidazole rings is 1. The van der Waals surface area contributed by atoms with E-state index in [9.17, 15) is 4.39 Å². The zero-order valence-electron chi connectivity index (χ0n) is 11.9. The molecule has 0 aliphatic carbocycles. The first-order valence-electron chi connectivity index (χ1n) is 7.00. The summed E-state index contributed by atoms with van der Waals surface area (Å²) in [5, 5.41) is 10.3. The third kappa shape index (κ3) is 2.53. The van der Waals surface area contributed by atoms with Gasteiger partial charge in [0, 0.05) is 6.20 Å². The molecule has 0 saturated heterocycles. The summed E-state index contributed by atoms with van der Waals surface area (Å²) in [6.45, 7) is 0.